The molecule has 56 valence electrons. The van der Waals surface area contributed by atoms with Gasteiger partial charge in [-0.15, -0.1) is 11.8 Å². The largest absolute Gasteiger partial charge is 0.258 e. The molecule has 4 heteroatoms. The first kappa shape index (κ1) is 8.39. The zero-order valence-electron chi connectivity index (χ0n) is 5.97. The quantitative estimate of drug-likeness (QED) is 0.604. The molecule has 0 aliphatic carbocycles. The fourth-order valence-corrected chi connectivity index (χ4v) is 2.48. The summed E-state index contributed by atoms with van der Waals surface area (Å²) in [6.07, 6.45) is 3.97. The zero-order chi connectivity index (χ0) is 7.56. The SMILES string of the molecule is CCn1ncc(I)c1SC. The van der Waals surface area contributed by atoms with Crippen molar-refractivity contribution in [1.29, 1.82) is 0 Å². The molecule has 0 saturated heterocycles. The Bertz CT molecular complexity index is 222. The van der Waals surface area contributed by atoms with Gasteiger partial charge in [0.2, 0.25) is 0 Å². The zero-order valence-corrected chi connectivity index (χ0v) is 8.94. The van der Waals surface area contributed by atoms with Gasteiger partial charge in [-0.05, 0) is 35.8 Å². The van der Waals surface area contributed by atoms with Crippen molar-refractivity contribution in [2.24, 2.45) is 0 Å². The molecule has 0 amide bonds. The van der Waals surface area contributed by atoms with E-state index < -0.39 is 0 Å². The predicted molar refractivity (Wildman–Crippen MR) is 52.4 cm³/mol. The summed E-state index contributed by atoms with van der Waals surface area (Å²) in [6, 6.07) is 0. The summed E-state index contributed by atoms with van der Waals surface area (Å²) < 4.78 is 3.25. The minimum Gasteiger partial charge on any atom is -0.258 e. The van der Waals surface area contributed by atoms with Gasteiger partial charge >= 0.3 is 0 Å². The smallest absolute Gasteiger partial charge is 0.107 e. The lowest BCUT2D eigenvalue weighted by atomic mass is 10.7. The summed E-state index contributed by atoms with van der Waals surface area (Å²) >= 11 is 4.05. The highest BCUT2D eigenvalue weighted by Crippen LogP contribution is 2.21. The molecular weight excluding hydrogens is 259 g/mol. The Labute approximate surface area is 78.5 Å². The van der Waals surface area contributed by atoms with E-state index in [1.165, 1.54) is 8.60 Å². The van der Waals surface area contributed by atoms with Gasteiger partial charge in [0.1, 0.15) is 5.03 Å². The summed E-state index contributed by atoms with van der Waals surface area (Å²) in [5.74, 6) is 0. The van der Waals surface area contributed by atoms with E-state index in [1.807, 2.05) is 10.9 Å². The number of nitrogens with zero attached hydrogens (tertiary/aromatic N) is 2. The molecule has 1 aromatic heterocycles. The maximum absolute atomic E-state index is 4.19. The van der Waals surface area contributed by atoms with Gasteiger partial charge in [-0.3, -0.25) is 4.68 Å². The summed E-state index contributed by atoms with van der Waals surface area (Å²) in [6.45, 7) is 3.06. The molecule has 0 aromatic carbocycles. The van der Waals surface area contributed by atoms with E-state index in [2.05, 4.69) is 40.9 Å². The second kappa shape index (κ2) is 3.61. The molecule has 2 nitrogen and oxygen atoms in total. The second-order valence-electron chi connectivity index (χ2n) is 1.82. The highest BCUT2D eigenvalue weighted by atomic mass is 127. The van der Waals surface area contributed by atoms with Crippen LogP contribution in [0.5, 0.6) is 0 Å². The third-order valence-corrected chi connectivity index (χ3v) is 3.21. The van der Waals surface area contributed by atoms with Crippen LogP contribution in [0.25, 0.3) is 0 Å². The van der Waals surface area contributed by atoms with Gasteiger partial charge < -0.3 is 0 Å². The van der Waals surface area contributed by atoms with Crippen LogP contribution in [-0.4, -0.2) is 16.0 Å². The average molecular weight is 268 g/mol. The Morgan fingerprint density at radius 2 is 2.50 bits per heavy atom. The Hall–Kier alpha value is 0.290. The molecule has 0 N–H and O–H groups in total. The lowest BCUT2D eigenvalue weighted by molar-refractivity contribution is 0.604. The fourth-order valence-electron chi connectivity index (χ4n) is 0.779. The van der Waals surface area contributed by atoms with Gasteiger partial charge in [0.25, 0.3) is 0 Å². The maximum Gasteiger partial charge on any atom is 0.107 e. The van der Waals surface area contributed by atoms with Gasteiger partial charge in [-0.25, -0.2) is 0 Å². The molecule has 0 bridgehead atoms. The van der Waals surface area contributed by atoms with E-state index in [-0.39, 0.29) is 0 Å². The summed E-state index contributed by atoms with van der Waals surface area (Å²) in [5.41, 5.74) is 0. The molecule has 10 heavy (non-hydrogen) atoms. The lowest BCUT2D eigenvalue weighted by Gasteiger charge is -1.99. The average Bonchev–Trinajstić information content (AvgIpc) is 2.30. The van der Waals surface area contributed by atoms with E-state index in [4.69, 9.17) is 0 Å². The topological polar surface area (TPSA) is 17.8 Å². The molecule has 0 saturated carbocycles. The van der Waals surface area contributed by atoms with Crippen LogP contribution in [0.2, 0.25) is 0 Å². The highest BCUT2D eigenvalue weighted by Gasteiger charge is 2.03. The minimum absolute atomic E-state index is 0.958. The third kappa shape index (κ3) is 1.47. The molecule has 0 unspecified atom stereocenters. The van der Waals surface area contributed by atoms with E-state index >= 15 is 0 Å². The van der Waals surface area contributed by atoms with Gasteiger partial charge in [0.05, 0.1) is 9.77 Å². The van der Waals surface area contributed by atoms with Gasteiger partial charge in [-0.1, -0.05) is 0 Å². The van der Waals surface area contributed by atoms with Crippen molar-refractivity contribution in [3.8, 4) is 0 Å². The number of rotatable bonds is 2. The van der Waals surface area contributed by atoms with Crippen molar-refractivity contribution in [3.63, 3.8) is 0 Å². The van der Waals surface area contributed by atoms with Crippen LogP contribution in [0, 0.1) is 3.57 Å². The number of thioether (sulfide) groups is 1. The van der Waals surface area contributed by atoms with Crippen LogP contribution >= 0.6 is 34.4 Å². The molecular formula is C6H9IN2S. The molecule has 1 aromatic rings. The summed E-state index contributed by atoms with van der Waals surface area (Å²) in [4.78, 5) is 0. The van der Waals surface area contributed by atoms with Crippen LogP contribution in [0.3, 0.4) is 0 Å². The van der Waals surface area contributed by atoms with Crippen LogP contribution in [0.4, 0.5) is 0 Å². The van der Waals surface area contributed by atoms with E-state index in [0.717, 1.165) is 6.54 Å². The van der Waals surface area contributed by atoms with Crippen molar-refractivity contribution >= 4 is 34.4 Å². The Morgan fingerprint density at radius 3 is 2.90 bits per heavy atom. The molecule has 0 atom stereocenters. The van der Waals surface area contributed by atoms with Crippen LogP contribution in [0.15, 0.2) is 11.2 Å². The Kier molecular flexibility index (Phi) is 3.03. The molecule has 1 rings (SSSR count). The first-order chi connectivity index (χ1) is 4.79. The first-order valence-corrected chi connectivity index (χ1v) is 5.35. The number of aryl methyl sites for hydroxylation is 1. The normalized spacial score (nSPS) is 10.3. The van der Waals surface area contributed by atoms with Gasteiger partial charge in [0, 0.05) is 6.54 Å². The predicted octanol–water partition coefficient (Wildman–Crippen LogP) is 2.23. The monoisotopic (exact) mass is 268 g/mol. The molecule has 1 heterocycles. The van der Waals surface area contributed by atoms with Gasteiger partial charge in [0.15, 0.2) is 0 Å². The number of hydrogen-bond donors (Lipinski definition) is 0. The highest BCUT2D eigenvalue weighted by molar-refractivity contribution is 14.1. The van der Waals surface area contributed by atoms with Crippen molar-refractivity contribution in [2.45, 2.75) is 18.5 Å². The van der Waals surface area contributed by atoms with E-state index in [1.54, 1.807) is 11.8 Å². The lowest BCUT2D eigenvalue weighted by Crippen LogP contribution is -1.97. The van der Waals surface area contributed by atoms with Crippen LogP contribution in [0.1, 0.15) is 6.92 Å². The second-order valence-corrected chi connectivity index (χ2v) is 3.77. The van der Waals surface area contributed by atoms with E-state index in [9.17, 15) is 0 Å². The first-order valence-electron chi connectivity index (χ1n) is 3.05. The summed E-state index contributed by atoms with van der Waals surface area (Å²) in [5, 5.41) is 5.46. The third-order valence-electron chi connectivity index (χ3n) is 1.24. The molecule has 0 aliphatic heterocycles. The van der Waals surface area contributed by atoms with Crippen molar-refractivity contribution in [2.75, 3.05) is 6.26 Å². The maximum atomic E-state index is 4.19. The number of aromatic nitrogens is 2. The number of hydrogen-bond acceptors (Lipinski definition) is 2. The van der Waals surface area contributed by atoms with Crippen LogP contribution in [-0.2, 0) is 6.54 Å². The fraction of sp³-hybridized carbons (Fsp3) is 0.500. The van der Waals surface area contributed by atoms with Crippen molar-refractivity contribution < 1.29 is 0 Å². The molecule has 0 fully saturated rings. The van der Waals surface area contributed by atoms with Gasteiger partial charge in [-0.2, -0.15) is 5.10 Å². The number of halogens is 1. The minimum atomic E-state index is 0.958. The Morgan fingerprint density at radius 1 is 1.80 bits per heavy atom. The molecule has 0 spiro atoms. The standard InChI is InChI=1S/C6H9IN2S/c1-3-9-6(10-2)5(7)4-8-9/h4H,3H2,1-2H3. The molecule has 0 aliphatic rings. The van der Waals surface area contributed by atoms with E-state index in [0.29, 0.717) is 0 Å². The molecule has 0 radical (unpaired) electrons. The van der Waals surface area contributed by atoms with Crippen molar-refractivity contribution in [3.05, 3.63) is 9.77 Å². The van der Waals surface area contributed by atoms with Crippen molar-refractivity contribution in [1.82, 2.24) is 9.78 Å². The summed E-state index contributed by atoms with van der Waals surface area (Å²) in [7, 11) is 0. The Balaban J connectivity index is 3.01. The van der Waals surface area contributed by atoms with Crippen LogP contribution < -0.4 is 0 Å².